The molecule has 4 rings (SSSR count). The number of nitrogens with two attached hydrogens (primary N) is 1. The lowest BCUT2D eigenvalue weighted by Crippen LogP contribution is -2.53. The van der Waals surface area contributed by atoms with Gasteiger partial charge in [-0.05, 0) is 68.1 Å². The molecule has 0 spiro atoms. The molecule has 0 heterocycles. The highest BCUT2D eigenvalue weighted by Gasteiger charge is 2.51. The Morgan fingerprint density at radius 2 is 1.71 bits per heavy atom. The second-order valence-electron chi connectivity index (χ2n) is 8.36. The van der Waals surface area contributed by atoms with E-state index in [1.165, 1.54) is 38.5 Å². The minimum absolute atomic E-state index is 0.166. The van der Waals surface area contributed by atoms with Crippen LogP contribution in [-0.2, 0) is 4.79 Å². The van der Waals surface area contributed by atoms with Gasteiger partial charge in [-0.2, -0.15) is 0 Å². The minimum Gasteiger partial charge on any atom is -0.344 e. The molecule has 0 aromatic carbocycles. The van der Waals surface area contributed by atoms with Crippen LogP contribution >= 0.6 is 0 Å². The van der Waals surface area contributed by atoms with Crippen molar-refractivity contribution in [3.8, 4) is 0 Å². The lowest BCUT2D eigenvalue weighted by molar-refractivity contribution is -0.136. The van der Waals surface area contributed by atoms with E-state index in [1.807, 2.05) is 11.9 Å². The first-order valence-electron chi connectivity index (χ1n) is 9.02. The van der Waals surface area contributed by atoms with E-state index in [9.17, 15) is 4.79 Å². The maximum atomic E-state index is 12.5. The van der Waals surface area contributed by atoms with Crippen molar-refractivity contribution < 1.29 is 4.79 Å². The van der Waals surface area contributed by atoms with Gasteiger partial charge in [-0.1, -0.05) is 19.8 Å². The molecule has 0 aromatic rings. The van der Waals surface area contributed by atoms with Crippen LogP contribution < -0.4 is 5.73 Å². The summed E-state index contributed by atoms with van der Waals surface area (Å²) in [6, 6.07) is -0.288. The van der Waals surface area contributed by atoms with Gasteiger partial charge in [0.2, 0.25) is 5.91 Å². The van der Waals surface area contributed by atoms with Crippen molar-refractivity contribution in [2.75, 3.05) is 13.6 Å². The molecular formula is C18H32N2O. The Balaban J connectivity index is 1.59. The number of amides is 1. The largest absolute Gasteiger partial charge is 0.344 e. The van der Waals surface area contributed by atoms with Crippen LogP contribution in [0, 0.1) is 23.2 Å². The molecule has 3 nitrogen and oxygen atoms in total. The van der Waals surface area contributed by atoms with Gasteiger partial charge in [0.05, 0.1) is 6.04 Å². The zero-order chi connectivity index (χ0) is 15.0. The quantitative estimate of drug-likeness (QED) is 0.817. The highest BCUT2D eigenvalue weighted by Crippen LogP contribution is 2.60. The maximum Gasteiger partial charge on any atom is 0.239 e. The average molecular weight is 292 g/mol. The molecule has 0 saturated heterocycles. The van der Waals surface area contributed by atoms with Gasteiger partial charge in [0.25, 0.3) is 0 Å². The summed E-state index contributed by atoms with van der Waals surface area (Å²) in [5.74, 6) is 3.02. The van der Waals surface area contributed by atoms with Gasteiger partial charge in [0.15, 0.2) is 0 Å². The van der Waals surface area contributed by atoms with Crippen LogP contribution in [0.3, 0.4) is 0 Å². The van der Waals surface area contributed by atoms with E-state index in [-0.39, 0.29) is 11.9 Å². The molecule has 0 aliphatic heterocycles. The fourth-order valence-corrected chi connectivity index (χ4v) is 5.90. The summed E-state index contributed by atoms with van der Waals surface area (Å²) < 4.78 is 0. The lowest BCUT2D eigenvalue weighted by atomic mass is 9.49. The summed E-state index contributed by atoms with van der Waals surface area (Å²) in [6.45, 7) is 3.10. The molecule has 4 aliphatic carbocycles. The van der Waals surface area contributed by atoms with Crippen LogP contribution in [0.1, 0.15) is 64.7 Å². The average Bonchev–Trinajstić information content (AvgIpc) is 2.41. The molecule has 0 radical (unpaired) electrons. The van der Waals surface area contributed by atoms with Gasteiger partial charge < -0.3 is 10.6 Å². The zero-order valence-corrected chi connectivity index (χ0v) is 13.8. The van der Waals surface area contributed by atoms with Crippen molar-refractivity contribution in [3.05, 3.63) is 0 Å². The Bertz CT molecular complexity index is 357. The maximum absolute atomic E-state index is 12.5. The van der Waals surface area contributed by atoms with Crippen LogP contribution in [0.2, 0.25) is 0 Å². The van der Waals surface area contributed by atoms with Crippen LogP contribution in [0.15, 0.2) is 0 Å². The van der Waals surface area contributed by atoms with Crippen molar-refractivity contribution >= 4 is 5.91 Å². The van der Waals surface area contributed by atoms with Gasteiger partial charge in [0.1, 0.15) is 0 Å². The summed E-state index contributed by atoms with van der Waals surface area (Å²) in [6.07, 6.45) is 11.5. The number of hydrogen-bond donors (Lipinski definition) is 1. The number of rotatable bonds is 6. The molecule has 1 amide bonds. The van der Waals surface area contributed by atoms with Gasteiger partial charge in [0, 0.05) is 13.6 Å². The fourth-order valence-electron chi connectivity index (χ4n) is 5.90. The van der Waals surface area contributed by atoms with Crippen molar-refractivity contribution in [2.45, 2.75) is 70.8 Å². The molecule has 4 bridgehead atoms. The predicted molar refractivity (Wildman–Crippen MR) is 85.7 cm³/mol. The second kappa shape index (κ2) is 5.91. The minimum atomic E-state index is -0.288. The Kier molecular flexibility index (Phi) is 4.31. The summed E-state index contributed by atoms with van der Waals surface area (Å²) in [7, 11) is 1.98. The molecule has 120 valence electrons. The first-order valence-corrected chi connectivity index (χ1v) is 9.02. The van der Waals surface area contributed by atoms with Crippen molar-refractivity contribution in [1.82, 2.24) is 4.90 Å². The van der Waals surface area contributed by atoms with Crippen molar-refractivity contribution in [2.24, 2.45) is 28.9 Å². The Labute approximate surface area is 129 Å². The number of hydrogen-bond acceptors (Lipinski definition) is 2. The number of carbonyl (C=O) groups excluding carboxylic acids is 1. The van der Waals surface area contributed by atoms with Gasteiger partial charge >= 0.3 is 0 Å². The van der Waals surface area contributed by atoms with E-state index >= 15 is 0 Å². The summed E-state index contributed by atoms with van der Waals surface area (Å²) in [5, 5.41) is 0. The van der Waals surface area contributed by atoms with E-state index in [4.69, 9.17) is 5.73 Å². The van der Waals surface area contributed by atoms with Crippen LogP contribution in [0.5, 0.6) is 0 Å². The molecule has 4 aliphatic rings. The number of unbranched alkanes of at least 4 members (excludes halogenated alkanes) is 1. The highest BCUT2D eigenvalue weighted by molar-refractivity contribution is 5.81. The predicted octanol–water partition coefficient (Wildman–Crippen LogP) is 3.18. The molecule has 3 heteroatoms. The standard InChI is InChI=1S/C18H32N2O/c1-3-4-5-16(19)17(21)20(2)12-18-9-13-6-14(10-18)8-15(7-13)11-18/h13-16H,3-12,19H2,1-2H3. The third kappa shape index (κ3) is 3.13. The Morgan fingerprint density at radius 3 is 2.19 bits per heavy atom. The van der Waals surface area contributed by atoms with E-state index in [2.05, 4.69) is 6.92 Å². The van der Waals surface area contributed by atoms with Crippen LogP contribution in [0.25, 0.3) is 0 Å². The number of nitrogens with zero attached hydrogens (tertiary/aromatic N) is 1. The molecule has 0 aromatic heterocycles. The first kappa shape index (κ1) is 15.3. The molecule has 4 fully saturated rings. The summed E-state index contributed by atoms with van der Waals surface area (Å²) in [5.41, 5.74) is 6.51. The van der Waals surface area contributed by atoms with Crippen LogP contribution in [-0.4, -0.2) is 30.4 Å². The molecule has 1 atom stereocenters. The van der Waals surface area contributed by atoms with Gasteiger partial charge in [-0.3, -0.25) is 4.79 Å². The zero-order valence-electron chi connectivity index (χ0n) is 13.8. The van der Waals surface area contributed by atoms with Crippen molar-refractivity contribution in [1.29, 1.82) is 0 Å². The van der Waals surface area contributed by atoms with E-state index in [0.29, 0.717) is 5.41 Å². The monoisotopic (exact) mass is 292 g/mol. The van der Waals surface area contributed by atoms with Crippen molar-refractivity contribution in [3.63, 3.8) is 0 Å². The smallest absolute Gasteiger partial charge is 0.239 e. The third-order valence-electron chi connectivity index (χ3n) is 6.30. The summed E-state index contributed by atoms with van der Waals surface area (Å²) in [4.78, 5) is 14.4. The van der Waals surface area contributed by atoms with E-state index in [0.717, 1.165) is 43.6 Å². The fraction of sp³-hybridized carbons (Fsp3) is 0.944. The molecule has 2 N–H and O–H groups in total. The molecule has 4 saturated carbocycles. The highest BCUT2D eigenvalue weighted by atomic mass is 16.2. The van der Waals surface area contributed by atoms with Crippen LogP contribution in [0.4, 0.5) is 0 Å². The lowest BCUT2D eigenvalue weighted by Gasteiger charge is -2.57. The summed E-state index contributed by atoms with van der Waals surface area (Å²) >= 11 is 0. The number of likely N-dealkylation sites (N-methyl/N-ethyl adjacent to an activating group) is 1. The second-order valence-corrected chi connectivity index (χ2v) is 8.36. The topological polar surface area (TPSA) is 46.3 Å². The molecule has 21 heavy (non-hydrogen) atoms. The molecule has 1 unspecified atom stereocenters. The van der Waals surface area contributed by atoms with E-state index < -0.39 is 0 Å². The SMILES string of the molecule is CCCCC(N)C(=O)N(C)CC12CC3CC(CC(C3)C1)C2. The normalized spacial score (nSPS) is 38.5. The Morgan fingerprint density at radius 1 is 1.19 bits per heavy atom. The van der Waals surface area contributed by atoms with E-state index in [1.54, 1.807) is 0 Å². The third-order valence-corrected chi connectivity index (χ3v) is 6.30. The van der Waals surface area contributed by atoms with Gasteiger partial charge in [-0.15, -0.1) is 0 Å². The first-order chi connectivity index (χ1) is 10.0. The number of carbonyl (C=O) groups is 1. The van der Waals surface area contributed by atoms with Gasteiger partial charge in [-0.25, -0.2) is 0 Å². The molecular weight excluding hydrogens is 260 g/mol. The Hall–Kier alpha value is -0.570.